The number of nitrogens with zero attached hydrogens (tertiary/aromatic N) is 1. The van der Waals surface area contributed by atoms with Crippen molar-refractivity contribution in [1.82, 2.24) is 0 Å². The van der Waals surface area contributed by atoms with Crippen molar-refractivity contribution in [2.45, 2.75) is 105 Å². The van der Waals surface area contributed by atoms with Crippen LogP contribution in [0, 0.1) is 22.7 Å². The van der Waals surface area contributed by atoms with E-state index in [1.54, 1.807) is 5.57 Å². The van der Waals surface area contributed by atoms with E-state index >= 15 is 0 Å². The van der Waals surface area contributed by atoms with Crippen LogP contribution in [0.15, 0.2) is 82.6 Å². The van der Waals surface area contributed by atoms with Gasteiger partial charge in [-0.2, -0.15) is 0 Å². The lowest BCUT2D eigenvalue weighted by Gasteiger charge is -2.42. The molecule has 0 spiro atoms. The van der Waals surface area contributed by atoms with Crippen LogP contribution in [0.1, 0.15) is 92.4 Å². The van der Waals surface area contributed by atoms with E-state index < -0.39 is 12.2 Å². The molecular weight excluding hydrogens is 482 g/mol. The topological polar surface area (TPSA) is 62.0 Å². The lowest BCUT2D eigenvalue weighted by Crippen LogP contribution is -2.32. The first-order chi connectivity index (χ1) is 18.5. The number of para-hydroxylation sites is 1. The van der Waals surface area contributed by atoms with Crippen LogP contribution in [0.2, 0.25) is 0 Å². The van der Waals surface area contributed by atoms with Gasteiger partial charge in [-0.15, -0.1) is 0 Å². The summed E-state index contributed by atoms with van der Waals surface area (Å²) in [6, 6.07) is 9.80. The third-order valence-electron chi connectivity index (χ3n) is 9.33. The van der Waals surface area contributed by atoms with Crippen LogP contribution in [0.3, 0.4) is 0 Å². The van der Waals surface area contributed by atoms with Crippen molar-refractivity contribution in [3.63, 3.8) is 0 Å². The highest BCUT2D eigenvalue weighted by Gasteiger charge is 2.45. The number of rotatable bonds is 8. The molecule has 4 rings (SSSR count). The van der Waals surface area contributed by atoms with Crippen LogP contribution >= 0.6 is 0 Å². The second-order valence-electron chi connectivity index (χ2n) is 13.3. The summed E-state index contributed by atoms with van der Waals surface area (Å²) < 4.78 is 0. The molecule has 39 heavy (non-hydrogen) atoms. The fraction of sp³-hybridized carbons (Fsp3) is 0.571. The van der Waals surface area contributed by atoms with Gasteiger partial charge in [-0.1, -0.05) is 93.9 Å². The minimum Gasteiger partial charge on any atom is -0.393 e. The Balaban J connectivity index is 1.39. The van der Waals surface area contributed by atoms with Gasteiger partial charge in [0.1, 0.15) is 0 Å². The summed E-state index contributed by atoms with van der Waals surface area (Å²) in [6.45, 7) is 15.6. The van der Waals surface area contributed by atoms with Crippen LogP contribution in [-0.2, 0) is 0 Å². The van der Waals surface area contributed by atoms with E-state index in [2.05, 4.69) is 64.6 Å². The molecule has 0 saturated heterocycles. The van der Waals surface area contributed by atoms with E-state index in [4.69, 9.17) is 4.84 Å². The van der Waals surface area contributed by atoms with Crippen molar-refractivity contribution in [1.29, 1.82) is 0 Å². The summed E-state index contributed by atoms with van der Waals surface area (Å²) in [4.78, 5) is 5.77. The van der Waals surface area contributed by atoms with Crippen LogP contribution in [0.4, 0.5) is 0 Å². The number of aliphatic hydroxyl groups is 2. The molecule has 1 aromatic rings. The summed E-state index contributed by atoms with van der Waals surface area (Å²) in [6.07, 6.45) is 14.7. The minimum atomic E-state index is -0.635. The standard InChI is InChI=1S/C35H49NO3/c1-24(12-10-16-33(34(3,4)5)36-39-29-14-8-7-9-15-29)30-19-20-31-26(13-11-21-35(30,31)6)17-18-27-22-28(37)23-32(38)25(27)2/h7-9,14-15,17-19,24,28,31-32,37-38H,2,10-13,16,20-23H2,1,3-6H3/t24-,28-,31+,32+,35-/m1/s1. The monoisotopic (exact) mass is 531 g/mol. The predicted octanol–water partition coefficient (Wildman–Crippen LogP) is 8.34. The summed E-state index contributed by atoms with van der Waals surface area (Å²) in [5, 5.41) is 24.9. The third-order valence-corrected chi connectivity index (χ3v) is 9.33. The number of benzene rings is 1. The highest BCUT2D eigenvalue weighted by atomic mass is 16.6. The zero-order valence-corrected chi connectivity index (χ0v) is 24.7. The Hall–Kier alpha value is -2.43. The number of hydrogen-bond donors (Lipinski definition) is 2. The number of fused-ring (bicyclic) bond motifs is 1. The van der Waals surface area contributed by atoms with Gasteiger partial charge in [-0.3, -0.25) is 0 Å². The second kappa shape index (κ2) is 12.4. The maximum absolute atomic E-state index is 10.2. The Morgan fingerprint density at radius 2 is 1.95 bits per heavy atom. The van der Waals surface area contributed by atoms with Gasteiger partial charge >= 0.3 is 0 Å². The molecule has 0 bridgehead atoms. The predicted molar refractivity (Wildman–Crippen MR) is 162 cm³/mol. The normalized spacial score (nSPS) is 30.8. The molecule has 0 aromatic heterocycles. The molecule has 4 heteroatoms. The highest BCUT2D eigenvalue weighted by Crippen LogP contribution is 2.57. The Kier molecular flexibility index (Phi) is 9.39. The Labute approximate surface area is 236 Å². The smallest absolute Gasteiger partial charge is 0.157 e. The molecule has 2 fully saturated rings. The zero-order chi connectivity index (χ0) is 28.2. The van der Waals surface area contributed by atoms with Crippen LogP contribution in [0.25, 0.3) is 0 Å². The number of allylic oxidation sites excluding steroid dienone is 5. The van der Waals surface area contributed by atoms with Gasteiger partial charge in [0.05, 0.1) is 17.9 Å². The minimum absolute atomic E-state index is 0.0327. The Morgan fingerprint density at radius 3 is 2.67 bits per heavy atom. The molecule has 2 saturated carbocycles. The Morgan fingerprint density at radius 1 is 1.21 bits per heavy atom. The highest BCUT2D eigenvalue weighted by molar-refractivity contribution is 5.88. The van der Waals surface area contributed by atoms with Crippen molar-refractivity contribution in [2.24, 2.45) is 27.8 Å². The maximum Gasteiger partial charge on any atom is 0.157 e. The summed E-state index contributed by atoms with van der Waals surface area (Å²) >= 11 is 0. The quantitative estimate of drug-likeness (QED) is 0.201. The maximum atomic E-state index is 10.2. The molecule has 1 aromatic carbocycles. The van der Waals surface area contributed by atoms with E-state index in [1.165, 1.54) is 18.4 Å². The lowest BCUT2D eigenvalue weighted by atomic mass is 9.62. The van der Waals surface area contributed by atoms with Crippen molar-refractivity contribution >= 4 is 5.71 Å². The molecule has 0 amide bonds. The van der Waals surface area contributed by atoms with E-state index in [-0.39, 0.29) is 10.8 Å². The average Bonchev–Trinajstić information content (AvgIpc) is 3.24. The average molecular weight is 532 g/mol. The first-order valence-corrected chi connectivity index (χ1v) is 14.9. The van der Waals surface area contributed by atoms with E-state index in [9.17, 15) is 10.2 Å². The Bertz CT molecular complexity index is 1140. The molecule has 4 nitrogen and oxygen atoms in total. The number of aliphatic hydroxyl groups excluding tert-OH is 2. The number of hydrogen-bond acceptors (Lipinski definition) is 4. The molecule has 3 aliphatic carbocycles. The molecule has 212 valence electrons. The summed E-state index contributed by atoms with van der Waals surface area (Å²) in [7, 11) is 0. The van der Waals surface area contributed by atoms with Gasteiger partial charge in [0.25, 0.3) is 0 Å². The van der Waals surface area contributed by atoms with Crippen LogP contribution in [0.5, 0.6) is 5.75 Å². The van der Waals surface area contributed by atoms with Gasteiger partial charge in [0.2, 0.25) is 0 Å². The molecule has 0 heterocycles. The SMILES string of the molecule is C=C1C(=CC=C2CCC[C@]3(C)C([C@H](C)CCCC(=NOc4ccccc4)C(C)(C)C)=CC[C@@H]23)C[C@@H](O)C[C@@H]1O. The fourth-order valence-corrected chi connectivity index (χ4v) is 6.96. The molecular formula is C35H49NO3. The van der Waals surface area contributed by atoms with Gasteiger partial charge in [-0.05, 0) is 91.9 Å². The second-order valence-corrected chi connectivity index (χ2v) is 13.3. The van der Waals surface area contributed by atoms with E-state index in [0.29, 0.717) is 24.7 Å². The van der Waals surface area contributed by atoms with Gasteiger partial charge in [0, 0.05) is 11.8 Å². The van der Waals surface area contributed by atoms with Crippen LogP contribution < -0.4 is 4.84 Å². The lowest BCUT2D eigenvalue weighted by molar-refractivity contribution is 0.0862. The van der Waals surface area contributed by atoms with Crippen molar-refractivity contribution in [3.8, 4) is 5.75 Å². The molecule has 0 aliphatic heterocycles. The van der Waals surface area contributed by atoms with Crippen LogP contribution in [-0.4, -0.2) is 28.1 Å². The summed E-state index contributed by atoms with van der Waals surface area (Å²) in [5.41, 5.74) is 6.19. The van der Waals surface area contributed by atoms with E-state index in [0.717, 1.165) is 54.7 Å². The third kappa shape index (κ3) is 7.02. The largest absolute Gasteiger partial charge is 0.393 e. The number of oxime groups is 1. The first-order valence-electron chi connectivity index (χ1n) is 14.9. The first kappa shape index (κ1) is 29.6. The van der Waals surface area contributed by atoms with Gasteiger partial charge < -0.3 is 15.1 Å². The summed E-state index contributed by atoms with van der Waals surface area (Å²) in [5.74, 6) is 1.86. The van der Waals surface area contributed by atoms with Crippen molar-refractivity contribution < 1.29 is 15.1 Å². The molecule has 2 N–H and O–H groups in total. The molecule has 3 aliphatic rings. The zero-order valence-electron chi connectivity index (χ0n) is 24.7. The van der Waals surface area contributed by atoms with Gasteiger partial charge in [0.15, 0.2) is 5.75 Å². The molecule has 5 atom stereocenters. The molecule has 0 unspecified atom stereocenters. The van der Waals surface area contributed by atoms with Gasteiger partial charge in [-0.25, -0.2) is 0 Å². The fourth-order valence-electron chi connectivity index (χ4n) is 6.96. The van der Waals surface area contributed by atoms with Crippen molar-refractivity contribution in [2.75, 3.05) is 0 Å². The van der Waals surface area contributed by atoms with Crippen molar-refractivity contribution in [3.05, 3.63) is 77.4 Å². The molecule has 0 radical (unpaired) electrons. The van der Waals surface area contributed by atoms with E-state index in [1.807, 2.05) is 30.3 Å².